The first kappa shape index (κ1) is 23.1. The Hall–Kier alpha value is -2.06. The maximum atomic E-state index is 13.8. The Labute approximate surface area is 193 Å². The molecule has 3 N–H and O–H groups in total. The number of unbranched alkanes of at least 4 members (excludes halogenated alkanes) is 2. The van der Waals surface area contributed by atoms with Gasteiger partial charge in [-0.2, -0.15) is 0 Å². The zero-order valence-corrected chi connectivity index (χ0v) is 19.8. The Morgan fingerprint density at radius 1 is 1.19 bits per heavy atom. The van der Waals surface area contributed by atoms with Gasteiger partial charge in [0, 0.05) is 31.1 Å². The Balaban J connectivity index is 1.67. The standard InChI is InChI=1S/C24H33N3O4S/c1-14-8-7-9-15(2)19(14)26-22(30)20-24-11-10-16(32-24)17(21(29)25-3)18(24)23(31)27(20)12-5-4-6-13-28/h7-9,16-18,20,28H,4-6,10-13H2,1-3H3,(H,25,29)(H,26,30)/t16-,17+,18+,20?,24?/m1/s1. The van der Waals surface area contributed by atoms with E-state index in [2.05, 4.69) is 10.6 Å². The largest absolute Gasteiger partial charge is 0.396 e. The number of anilines is 1. The summed E-state index contributed by atoms with van der Waals surface area (Å²) in [5, 5.41) is 15.1. The van der Waals surface area contributed by atoms with Crippen LogP contribution in [0.3, 0.4) is 0 Å². The van der Waals surface area contributed by atoms with Crippen LogP contribution in [0.25, 0.3) is 0 Å². The number of rotatable bonds is 8. The molecule has 0 radical (unpaired) electrons. The van der Waals surface area contributed by atoms with Crippen LogP contribution in [0, 0.1) is 25.7 Å². The topological polar surface area (TPSA) is 98.7 Å². The van der Waals surface area contributed by atoms with E-state index in [4.69, 9.17) is 5.11 Å². The lowest BCUT2D eigenvalue weighted by molar-refractivity contribution is -0.139. The van der Waals surface area contributed by atoms with E-state index in [1.54, 1.807) is 23.7 Å². The van der Waals surface area contributed by atoms with Crippen molar-refractivity contribution in [3.63, 3.8) is 0 Å². The molecule has 7 nitrogen and oxygen atoms in total. The molecule has 32 heavy (non-hydrogen) atoms. The highest BCUT2D eigenvalue weighted by atomic mass is 32.2. The maximum absolute atomic E-state index is 13.8. The first-order valence-electron chi connectivity index (χ1n) is 11.5. The number of aliphatic hydroxyl groups excluding tert-OH is 1. The molecule has 3 aliphatic heterocycles. The van der Waals surface area contributed by atoms with Crippen molar-refractivity contribution in [2.24, 2.45) is 11.8 Å². The van der Waals surface area contributed by atoms with Crippen LogP contribution in [-0.4, -0.2) is 64.0 Å². The number of carbonyl (C=O) groups is 3. The smallest absolute Gasteiger partial charge is 0.248 e. The van der Waals surface area contributed by atoms with E-state index in [1.807, 2.05) is 32.0 Å². The molecule has 1 aromatic rings. The monoisotopic (exact) mass is 459 g/mol. The van der Waals surface area contributed by atoms with Crippen LogP contribution < -0.4 is 10.6 Å². The summed E-state index contributed by atoms with van der Waals surface area (Å²) in [6.45, 7) is 4.52. The summed E-state index contributed by atoms with van der Waals surface area (Å²) in [4.78, 5) is 41.9. The molecule has 3 aliphatic rings. The molecule has 174 valence electrons. The van der Waals surface area contributed by atoms with E-state index < -0.39 is 16.7 Å². The van der Waals surface area contributed by atoms with Crippen LogP contribution in [0.5, 0.6) is 0 Å². The number of carbonyl (C=O) groups excluding carboxylic acids is 3. The summed E-state index contributed by atoms with van der Waals surface area (Å²) in [6, 6.07) is 5.29. The quantitative estimate of drug-likeness (QED) is 0.518. The number of nitrogens with zero attached hydrogens (tertiary/aromatic N) is 1. The number of aryl methyl sites for hydroxylation is 2. The van der Waals surface area contributed by atoms with Crippen LogP contribution >= 0.6 is 11.8 Å². The number of nitrogens with one attached hydrogen (secondary N) is 2. The van der Waals surface area contributed by atoms with Gasteiger partial charge in [0.15, 0.2) is 0 Å². The van der Waals surface area contributed by atoms with Gasteiger partial charge >= 0.3 is 0 Å². The molecule has 1 aromatic carbocycles. The SMILES string of the molecule is CNC(=O)[C@@H]1[C@H]2C(=O)N(CCCCCO)C(C(=O)Nc3c(C)cccc3C)C23CC[C@H]1S3. The number of likely N-dealkylation sites (tertiary alicyclic amines) is 1. The first-order chi connectivity index (χ1) is 15.4. The minimum absolute atomic E-state index is 0.0704. The summed E-state index contributed by atoms with van der Waals surface area (Å²) < 4.78 is -0.559. The highest BCUT2D eigenvalue weighted by Gasteiger charge is 2.73. The third-order valence-electron chi connectivity index (χ3n) is 7.38. The second-order valence-electron chi connectivity index (χ2n) is 9.24. The Bertz CT molecular complexity index is 902. The molecule has 3 saturated heterocycles. The molecule has 3 fully saturated rings. The number of para-hydroxylation sites is 1. The lowest BCUT2D eigenvalue weighted by atomic mass is 9.70. The van der Waals surface area contributed by atoms with E-state index in [-0.39, 0.29) is 35.5 Å². The minimum atomic E-state index is -0.599. The van der Waals surface area contributed by atoms with Crippen LogP contribution in [0.1, 0.15) is 43.2 Å². The highest BCUT2D eigenvalue weighted by Crippen LogP contribution is 2.66. The van der Waals surface area contributed by atoms with Crippen LogP contribution in [0.4, 0.5) is 5.69 Å². The van der Waals surface area contributed by atoms with Gasteiger partial charge in [0.05, 0.1) is 16.6 Å². The van der Waals surface area contributed by atoms with Crippen molar-refractivity contribution in [1.82, 2.24) is 10.2 Å². The summed E-state index contributed by atoms with van der Waals surface area (Å²) in [5.41, 5.74) is 2.76. The number of hydrogen-bond acceptors (Lipinski definition) is 5. The van der Waals surface area contributed by atoms with Crippen molar-refractivity contribution in [2.45, 2.75) is 62.0 Å². The van der Waals surface area contributed by atoms with E-state index in [9.17, 15) is 14.4 Å². The molecule has 0 aromatic heterocycles. The molecular formula is C24H33N3O4S. The number of fused-ring (bicyclic) bond motifs is 1. The van der Waals surface area contributed by atoms with Gasteiger partial charge in [0.25, 0.3) is 0 Å². The lowest BCUT2D eigenvalue weighted by Gasteiger charge is -2.34. The van der Waals surface area contributed by atoms with Crippen molar-refractivity contribution >= 4 is 35.2 Å². The second kappa shape index (κ2) is 9.06. The number of hydrogen-bond donors (Lipinski definition) is 3. The van der Waals surface area contributed by atoms with Crippen molar-refractivity contribution in [2.75, 3.05) is 25.5 Å². The molecule has 2 bridgehead atoms. The average Bonchev–Trinajstić information content (AvgIpc) is 3.41. The van der Waals surface area contributed by atoms with Gasteiger partial charge in [0.1, 0.15) is 6.04 Å². The third-order valence-corrected chi connectivity index (χ3v) is 9.34. The van der Waals surface area contributed by atoms with Crippen molar-refractivity contribution < 1.29 is 19.5 Å². The average molecular weight is 460 g/mol. The minimum Gasteiger partial charge on any atom is -0.396 e. The molecule has 4 rings (SSSR count). The molecule has 0 aliphatic carbocycles. The highest BCUT2D eigenvalue weighted by molar-refractivity contribution is 8.02. The maximum Gasteiger partial charge on any atom is 0.248 e. The molecule has 0 saturated carbocycles. The lowest BCUT2D eigenvalue weighted by Crippen LogP contribution is -2.51. The second-order valence-corrected chi connectivity index (χ2v) is 10.8. The zero-order valence-electron chi connectivity index (χ0n) is 19.0. The van der Waals surface area contributed by atoms with Crippen LogP contribution in [0.2, 0.25) is 0 Å². The zero-order chi connectivity index (χ0) is 23.0. The fraction of sp³-hybridized carbons (Fsp3) is 0.625. The first-order valence-corrected chi connectivity index (χ1v) is 12.4. The predicted molar refractivity (Wildman–Crippen MR) is 125 cm³/mol. The Kier molecular flexibility index (Phi) is 6.54. The molecule has 3 amide bonds. The summed E-state index contributed by atoms with van der Waals surface area (Å²) >= 11 is 1.68. The summed E-state index contributed by atoms with van der Waals surface area (Å²) in [5.74, 6) is -1.18. The van der Waals surface area contributed by atoms with Crippen LogP contribution in [-0.2, 0) is 14.4 Å². The number of thioether (sulfide) groups is 1. The molecule has 1 spiro atoms. The normalized spacial score (nSPS) is 30.5. The van der Waals surface area contributed by atoms with Gasteiger partial charge in [-0.1, -0.05) is 18.2 Å². The summed E-state index contributed by atoms with van der Waals surface area (Å²) in [6.07, 6.45) is 3.80. The predicted octanol–water partition coefficient (Wildman–Crippen LogP) is 2.24. The van der Waals surface area contributed by atoms with Gasteiger partial charge in [-0.15, -0.1) is 11.8 Å². The molecule has 5 atom stereocenters. The van der Waals surface area contributed by atoms with Gasteiger partial charge in [-0.25, -0.2) is 0 Å². The Morgan fingerprint density at radius 3 is 2.56 bits per heavy atom. The van der Waals surface area contributed by atoms with Gasteiger partial charge in [-0.05, 0) is 57.1 Å². The number of amides is 3. The molecule has 2 unspecified atom stereocenters. The molecular weight excluding hydrogens is 426 g/mol. The molecule has 8 heteroatoms. The van der Waals surface area contributed by atoms with Crippen molar-refractivity contribution in [1.29, 1.82) is 0 Å². The number of aliphatic hydroxyl groups is 1. The van der Waals surface area contributed by atoms with Crippen molar-refractivity contribution in [3.8, 4) is 0 Å². The van der Waals surface area contributed by atoms with E-state index in [1.165, 1.54) is 0 Å². The fourth-order valence-electron chi connectivity index (χ4n) is 5.93. The van der Waals surface area contributed by atoms with Crippen LogP contribution in [0.15, 0.2) is 18.2 Å². The van der Waals surface area contributed by atoms with Crippen molar-refractivity contribution in [3.05, 3.63) is 29.3 Å². The van der Waals surface area contributed by atoms with E-state index in [0.717, 1.165) is 42.5 Å². The van der Waals surface area contributed by atoms with E-state index in [0.29, 0.717) is 13.0 Å². The van der Waals surface area contributed by atoms with Gasteiger partial charge in [-0.3, -0.25) is 14.4 Å². The van der Waals surface area contributed by atoms with Gasteiger partial charge in [0.2, 0.25) is 17.7 Å². The van der Waals surface area contributed by atoms with E-state index >= 15 is 0 Å². The number of benzene rings is 1. The fourth-order valence-corrected chi connectivity index (χ4v) is 8.15. The summed E-state index contributed by atoms with van der Waals surface area (Å²) in [7, 11) is 1.61. The van der Waals surface area contributed by atoms with Gasteiger partial charge < -0.3 is 20.6 Å². The third kappa shape index (κ3) is 3.61. The Morgan fingerprint density at radius 2 is 1.91 bits per heavy atom. The molecule has 3 heterocycles.